The molecule has 11 heteroatoms. The second-order valence-electron chi connectivity index (χ2n) is 12.5. The first-order valence-electron chi connectivity index (χ1n) is 15.4. The lowest BCUT2D eigenvalue weighted by atomic mass is 9.79. The van der Waals surface area contributed by atoms with Crippen LogP contribution in [0.15, 0.2) is 36.4 Å². The molecule has 2 fully saturated rings. The number of thiophene rings is 1. The Labute approximate surface area is 272 Å². The Morgan fingerprint density at radius 2 is 1.91 bits per heavy atom. The van der Waals surface area contributed by atoms with Gasteiger partial charge >= 0.3 is 5.97 Å². The zero-order valence-electron chi connectivity index (χ0n) is 25.8. The van der Waals surface area contributed by atoms with Crippen LogP contribution in [0.5, 0.6) is 0 Å². The Morgan fingerprint density at radius 3 is 2.60 bits per heavy atom. The SMILES string of the molecule is C[C@H]1[C@H](/C=C/C(CCc2sc3ccccc3c2Cl)OC2O[C@H](CO)C(O)[C@H](O)C2O)[C@@H](CC#CCCCC(=O)O)C(=O)C1(C)C. The molecule has 1 aromatic carbocycles. The Bertz CT molecular complexity index is 1420. The molecule has 0 radical (unpaired) electrons. The van der Waals surface area contributed by atoms with Crippen LogP contribution in [0.2, 0.25) is 5.02 Å². The molecule has 9 nitrogen and oxygen atoms in total. The van der Waals surface area contributed by atoms with Crippen molar-refractivity contribution in [2.45, 2.75) is 96.1 Å². The number of fused-ring (bicyclic) bond motifs is 1. The topological polar surface area (TPSA) is 154 Å². The average Bonchev–Trinajstić information content (AvgIpc) is 3.41. The molecule has 2 heterocycles. The number of Topliss-reactive ketones (excluding diaryl/α,β-unsaturated/α-hetero) is 1. The minimum Gasteiger partial charge on any atom is -0.481 e. The van der Waals surface area contributed by atoms with Crippen LogP contribution in [0.3, 0.4) is 0 Å². The number of ether oxygens (including phenoxy) is 2. The van der Waals surface area contributed by atoms with E-state index in [4.69, 9.17) is 26.2 Å². The normalized spacial score (nSPS) is 30.4. The lowest BCUT2D eigenvalue weighted by Gasteiger charge is -2.40. The molecule has 4 rings (SSSR count). The third-order valence-corrected chi connectivity index (χ3v) is 11.0. The molecule has 1 saturated carbocycles. The molecule has 45 heavy (non-hydrogen) atoms. The second kappa shape index (κ2) is 15.5. The number of aliphatic carboxylic acids is 1. The molecule has 2 aliphatic rings. The molecule has 2 aromatic rings. The second-order valence-corrected chi connectivity index (χ2v) is 14.0. The Hall–Kier alpha value is -2.33. The number of rotatable bonds is 12. The standard InChI is InChI=1S/C34H43ClO9S/c1-19-21(22(32(42)34(19,2)3)10-6-4-5-7-13-27(37)38)16-14-20(43-33-31(41)30(40)29(39)24(18-36)44-33)15-17-26-28(35)23-11-8-9-12-25(23)45-26/h8-9,11-12,14,16,19-22,24,29-31,33,36,39-41H,5,7,10,13,15,17-18H2,1-3H3,(H,37,38)/b16-14+/t19-,20?,21-,22+,24+,29?,30-,31?,33?/m0/s1. The van der Waals surface area contributed by atoms with Gasteiger partial charge in [-0.2, -0.15) is 0 Å². The summed E-state index contributed by atoms with van der Waals surface area (Å²) >= 11 is 8.30. The predicted molar refractivity (Wildman–Crippen MR) is 172 cm³/mol. The number of carbonyl (C=O) groups is 2. The van der Waals surface area contributed by atoms with Crippen LogP contribution in [-0.4, -0.2) is 80.7 Å². The van der Waals surface area contributed by atoms with E-state index in [0.717, 1.165) is 15.0 Å². The van der Waals surface area contributed by atoms with E-state index in [1.54, 1.807) is 11.3 Å². The number of carboxylic acids is 1. The van der Waals surface area contributed by atoms with E-state index >= 15 is 0 Å². The van der Waals surface area contributed by atoms with Crippen molar-refractivity contribution in [3.63, 3.8) is 0 Å². The van der Waals surface area contributed by atoms with Crippen LogP contribution in [0, 0.1) is 35.0 Å². The minimum absolute atomic E-state index is 0.00925. The van der Waals surface area contributed by atoms with Crippen molar-refractivity contribution in [1.82, 2.24) is 0 Å². The molecule has 0 bridgehead atoms. The smallest absolute Gasteiger partial charge is 0.303 e. The van der Waals surface area contributed by atoms with Gasteiger partial charge in [-0.25, -0.2) is 0 Å². The highest BCUT2D eigenvalue weighted by Gasteiger charge is 2.51. The van der Waals surface area contributed by atoms with Gasteiger partial charge in [0.1, 0.15) is 30.2 Å². The van der Waals surface area contributed by atoms with Crippen molar-refractivity contribution in [1.29, 1.82) is 0 Å². The number of aliphatic hydroxyl groups is 4. The molecule has 9 atom stereocenters. The highest BCUT2D eigenvalue weighted by Crippen LogP contribution is 2.49. The predicted octanol–water partition coefficient (Wildman–Crippen LogP) is 4.35. The number of unbranched alkanes of at least 4 members (excludes halogenated alkanes) is 1. The van der Waals surface area contributed by atoms with Crippen molar-refractivity contribution in [3.05, 3.63) is 46.3 Å². The fourth-order valence-electron chi connectivity index (χ4n) is 6.15. The van der Waals surface area contributed by atoms with Gasteiger partial charge in [0.15, 0.2) is 6.29 Å². The van der Waals surface area contributed by atoms with Crippen LogP contribution in [0.25, 0.3) is 10.1 Å². The number of ketones is 1. The van der Waals surface area contributed by atoms with Gasteiger partial charge in [0.25, 0.3) is 0 Å². The highest BCUT2D eigenvalue weighted by molar-refractivity contribution is 7.19. The third kappa shape index (κ3) is 8.16. The molecule has 0 amide bonds. The van der Waals surface area contributed by atoms with Crippen molar-refractivity contribution < 1.29 is 44.6 Å². The number of aliphatic hydroxyl groups excluding tert-OH is 4. The Kier molecular flexibility index (Phi) is 12.2. The zero-order chi connectivity index (χ0) is 32.9. The molecular formula is C34H43ClO9S. The zero-order valence-corrected chi connectivity index (χ0v) is 27.3. The maximum atomic E-state index is 13.5. The number of carboxylic acid groups (broad SMARTS) is 1. The maximum absolute atomic E-state index is 13.5. The summed E-state index contributed by atoms with van der Waals surface area (Å²) in [6.45, 7) is 5.34. The number of carbonyl (C=O) groups excluding carboxylic acids is 1. The summed E-state index contributed by atoms with van der Waals surface area (Å²) < 4.78 is 12.9. The van der Waals surface area contributed by atoms with Crippen LogP contribution < -0.4 is 0 Å². The van der Waals surface area contributed by atoms with Crippen molar-refractivity contribution in [2.75, 3.05) is 6.61 Å². The fraction of sp³-hybridized carbons (Fsp3) is 0.588. The van der Waals surface area contributed by atoms with Gasteiger partial charge in [-0.15, -0.1) is 23.2 Å². The average molecular weight is 663 g/mol. The first-order valence-corrected chi connectivity index (χ1v) is 16.6. The van der Waals surface area contributed by atoms with Gasteiger partial charge < -0.3 is 35.0 Å². The van der Waals surface area contributed by atoms with E-state index < -0.39 is 54.8 Å². The summed E-state index contributed by atoms with van der Waals surface area (Å²) in [5.41, 5.74) is -0.580. The number of hydrogen-bond acceptors (Lipinski definition) is 9. The summed E-state index contributed by atoms with van der Waals surface area (Å²) in [7, 11) is 0. The van der Waals surface area contributed by atoms with Gasteiger partial charge in [-0.3, -0.25) is 9.59 Å². The molecule has 1 aliphatic carbocycles. The highest BCUT2D eigenvalue weighted by atomic mass is 35.5. The molecule has 246 valence electrons. The maximum Gasteiger partial charge on any atom is 0.303 e. The lowest BCUT2D eigenvalue weighted by molar-refractivity contribution is -0.307. The van der Waals surface area contributed by atoms with Crippen LogP contribution >= 0.6 is 22.9 Å². The first-order chi connectivity index (χ1) is 21.4. The van der Waals surface area contributed by atoms with Gasteiger partial charge in [0.2, 0.25) is 0 Å². The number of halogens is 1. The van der Waals surface area contributed by atoms with Gasteiger partial charge in [-0.05, 0) is 37.2 Å². The number of allylic oxidation sites excluding steroid dienone is 1. The van der Waals surface area contributed by atoms with E-state index in [2.05, 4.69) is 11.8 Å². The summed E-state index contributed by atoms with van der Waals surface area (Å²) in [5, 5.41) is 51.4. The minimum atomic E-state index is -1.57. The fourth-order valence-corrected chi connectivity index (χ4v) is 7.69. The van der Waals surface area contributed by atoms with Crippen LogP contribution in [0.4, 0.5) is 0 Å². The van der Waals surface area contributed by atoms with Crippen LogP contribution in [-0.2, 0) is 25.5 Å². The monoisotopic (exact) mass is 662 g/mol. The number of benzene rings is 1. The Morgan fingerprint density at radius 1 is 1.18 bits per heavy atom. The van der Waals surface area contributed by atoms with Crippen molar-refractivity contribution in [3.8, 4) is 11.8 Å². The summed E-state index contributed by atoms with van der Waals surface area (Å²) in [6, 6.07) is 7.86. The molecule has 1 aliphatic heterocycles. The molecule has 1 saturated heterocycles. The van der Waals surface area contributed by atoms with Gasteiger partial charge in [0, 0.05) is 45.6 Å². The summed E-state index contributed by atoms with van der Waals surface area (Å²) in [5.74, 6) is 4.84. The molecule has 1 aromatic heterocycles. The number of aryl methyl sites for hydroxylation is 1. The van der Waals surface area contributed by atoms with E-state index in [9.17, 15) is 30.0 Å². The quantitative estimate of drug-likeness (QED) is 0.127. The molecule has 4 unspecified atom stereocenters. The largest absolute Gasteiger partial charge is 0.481 e. The van der Waals surface area contributed by atoms with E-state index in [0.29, 0.717) is 37.1 Å². The summed E-state index contributed by atoms with van der Waals surface area (Å²) in [6.07, 6.45) is -1.60. The van der Waals surface area contributed by atoms with E-state index in [1.165, 1.54) is 0 Å². The summed E-state index contributed by atoms with van der Waals surface area (Å²) in [4.78, 5) is 25.2. The Balaban J connectivity index is 1.56. The number of hydrogen-bond donors (Lipinski definition) is 5. The molecular weight excluding hydrogens is 620 g/mol. The van der Waals surface area contributed by atoms with Gasteiger partial charge in [0.05, 0.1) is 17.7 Å². The first kappa shape index (κ1) is 35.5. The van der Waals surface area contributed by atoms with Gasteiger partial charge in [-0.1, -0.05) is 62.7 Å². The molecule has 0 spiro atoms. The van der Waals surface area contributed by atoms with E-state index in [-0.39, 0.29) is 30.0 Å². The van der Waals surface area contributed by atoms with Crippen molar-refractivity contribution in [2.24, 2.45) is 23.2 Å². The van der Waals surface area contributed by atoms with Crippen molar-refractivity contribution >= 4 is 44.8 Å². The lowest BCUT2D eigenvalue weighted by Crippen LogP contribution is -2.59. The van der Waals surface area contributed by atoms with Crippen LogP contribution in [0.1, 0.15) is 57.8 Å². The third-order valence-electron chi connectivity index (χ3n) is 9.25. The molecule has 5 N–H and O–H groups in total. The van der Waals surface area contributed by atoms with E-state index in [1.807, 2.05) is 57.2 Å².